The second-order valence-electron chi connectivity index (χ2n) is 8.91. The number of aromatic nitrogens is 2. The van der Waals surface area contributed by atoms with E-state index in [2.05, 4.69) is 21.0 Å². The molecule has 1 aromatic heterocycles. The number of ether oxygens (including phenoxy) is 1. The van der Waals surface area contributed by atoms with Crippen LogP contribution in [0.5, 0.6) is 5.75 Å². The van der Waals surface area contributed by atoms with E-state index in [9.17, 15) is 4.79 Å². The first-order chi connectivity index (χ1) is 17.5. The minimum Gasteiger partial charge on any atom is -0.486 e. The fourth-order valence-corrected chi connectivity index (χ4v) is 5.64. The Morgan fingerprint density at radius 1 is 1.06 bits per heavy atom. The molecule has 0 spiro atoms. The second-order valence-corrected chi connectivity index (χ2v) is 10.6. The SMILES string of the molecule is O=c1c2ccccc2nc(C2CCCCC2)n1N=Cc1cc(Cl)c(OCc2ccc(Cl)cc2)c(Br)c1. The molecule has 5 rings (SSSR count). The molecule has 36 heavy (non-hydrogen) atoms. The Morgan fingerprint density at radius 3 is 2.56 bits per heavy atom. The van der Waals surface area contributed by atoms with Crippen molar-refractivity contribution in [3.05, 3.63) is 102 Å². The third kappa shape index (κ3) is 5.51. The van der Waals surface area contributed by atoms with Crippen LogP contribution in [0.2, 0.25) is 10.0 Å². The summed E-state index contributed by atoms with van der Waals surface area (Å²) in [7, 11) is 0. The van der Waals surface area contributed by atoms with Gasteiger partial charge in [-0.1, -0.05) is 66.7 Å². The van der Waals surface area contributed by atoms with E-state index in [4.69, 9.17) is 32.9 Å². The van der Waals surface area contributed by atoms with Crippen LogP contribution in [0.1, 0.15) is 55.0 Å². The van der Waals surface area contributed by atoms with Crippen molar-refractivity contribution in [2.45, 2.75) is 44.6 Å². The van der Waals surface area contributed by atoms with Crippen LogP contribution in [-0.2, 0) is 6.61 Å². The van der Waals surface area contributed by atoms with Crippen molar-refractivity contribution in [1.82, 2.24) is 9.66 Å². The molecule has 184 valence electrons. The molecule has 0 aliphatic heterocycles. The number of nitrogens with zero attached hydrogens (tertiary/aromatic N) is 3. The van der Waals surface area contributed by atoms with Gasteiger partial charge in [-0.05, 0) is 76.3 Å². The number of halogens is 3. The Labute approximate surface area is 227 Å². The lowest BCUT2D eigenvalue weighted by Gasteiger charge is -2.22. The second kappa shape index (κ2) is 11.2. The largest absolute Gasteiger partial charge is 0.486 e. The fraction of sp³-hybridized carbons (Fsp3) is 0.250. The smallest absolute Gasteiger partial charge is 0.282 e. The summed E-state index contributed by atoms with van der Waals surface area (Å²) in [4.78, 5) is 18.3. The number of fused-ring (bicyclic) bond motifs is 1. The van der Waals surface area contributed by atoms with Crippen molar-refractivity contribution < 1.29 is 4.74 Å². The molecule has 0 N–H and O–H groups in total. The number of rotatable bonds is 6. The molecular formula is C28H24BrCl2N3O2. The van der Waals surface area contributed by atoms with E-state index in [0.29, 0.717) is 37.8 Å². The van der Waals surface area contributed by atoms with Crippen molar-refractivity contribution in [2.24, 2.45) is 5.10 Å². The van der Waals surface area contributed by atoms with Gasteiger partial charge in [0.1, 0.15) is 12.4 Å². The summed E-state index contributed by atoms with van der Waals surface area (Å²) in [6, 6.07) is 18.5. The summed E-state index contributed by atoms with van der Waals surface area (Å²) in [6.07, 6.45) is 7.16. The zero-order chi connectivity index (χ0) is 25.1. The molecule has 1 saturated carbocycles. The van der Waals surface area contributed by atoms with Crippen LogP contribution in [0, 0.1) is 0 Å². The van der Waals surface area contributed by atoms with E-state index in [-0.39, 0.29) is 11.5 Å². The quantitative estimate of drug-likeness (QED) is 0.216. The van der Waals surface area contributed by atoms with Crippen LogP contribution < -0.4 is 10.3 Å². The standard InChI is InChI=1S/C28H24BrCl2N3O2/c29-23-14-19(15-24(31)26(23)36-17-18-10-12-21(30)13-11-18)16-32-34-27(20-6-2-1-3-7-20)33-25-9-5-4-8-22(25)28(34)35/h4-5,8-16,20H,1-3,6-7,17H2. The van der Waals surface area contributed by atoms with Gasteiger partial charge in [-0.25, -0.2) is 4.98 Å². The Morgan fingerprint density at radius 2 is 1.81 bits per heavy atom. The highest BCUT2D eigenvalue weighted by molar-refractivity contribution is 9.10. The van der Waals surface area contributed by atoms with Crippen molar-refractivity contribution in [2.75, 3.05) is 0 Å². The molecule has 4 aromatic rings. The lowest BCUT2D eigenvalue weighted by Crippen LogP contribution is -2.25. The molecule has 3 aromatic carbocycles. The zero-order valence-electron chi connectivity index (χ0n) is 19.5. The van der Waals surface area contributed by atoms with Gasteiger partial charge in [0.05, 0.1) is 26.6 Å². The summed E-state index contributed by atoms with van der Waals surface area (Å²) < 4.78 is 8.10. The van der Waals surface area contributed by atoms with E-state index in [1.54, 1.807) is 18.3 Å². The van der Waals surface area contributed by atoms with Gasteiger partial charge < -0.3 is 4.74 Å². The molecule has 0 bridgehead atoms. The first-order valence-electron chi connectivity index (χ1n) is 11.9. The molecule has 0 radical (unpaired) electrons. The van der Waals surface area contributed by atoms with Crippen LogP contribution in [0.25, 0.3) is 10.9 Å². The van der Waals surface area contributed by atoms with Crippen molar-refractivity contribution in [3.63, 3.8) is 0 Å². The van der Waals surface area contributed by atoms with Crippen LogP contribution >= 0.6 is 39.1 Å². The lowest BCUT2D eigenvalue weighted by atomic mass is 9.88. The van der Waals surface area contributed by atoms with E-state index < -0.39 is 0 Å². The highest BCUT2D eigenvalue weighted by Crippen LogP contribution is 2.35. The van der Waals surface area contributed by atoms with Gasteiger partial charge in [0.2, 0.25) is 0 Å². The zero-order valence-corrected chi connectivity index (χ0v) is 22.6. The van der Waals surface area contributed by atoms with Crippen LogP contribution in [0.3, 0.4) is 0 Å². The topological polar surface area (TPSA) is 56.5 Å². The average molecular weight is 585 g/mol. The number of hydrogen-bond acceptors (Lipinski definition) is 4. The summed E-state index contributed by atoms with van der Waals surface area (Å²) in [5.41, 5.74) is 2.26. The molecular weight excluding hydrogens is 561 g/mol. The van der Waals surface area contributed by atoms with Crippen LogP contribution in [0.4, 0.5) is 0 Å². The molecule has 8 heteroatoms. The van der Waals surface area contributed by atoms with E-state index in [0.717, 1.165) is 42.6 Å². The van der Waals surface area contributed by atoms with Gasteiger partial charge in [0.25, 0.3) is 5.56 Å². The maximum absolute atomic E-state index is 13.4. The summed E-state index contributed by atoms with van der Waals surface area (Å²) in [6.45, 7) is 0.353. The average Bonchev–Trinajstić information content (AvgIpc) is 2.89. The highest BCUT2D eigenvalue weighted by Gasteiger charge is 2.22. The molecule has 0 unspecified atom stereocenters. The molecule has 1 aliphatic carbocycles. The minimum atomic E-state index is -0.162. The van der Waals surface area contributed by atoms with Crippen molar-refractivity contribution >= 4 is 56.2 Å². The Bertz CT molecular complexity index is 1460. The monoisotopic (exact) mass is 583 g/mol. The van der Waals surface area contributed by atoms with Crippen LogP contribution in [0.15, 0.2) is 75.0 Å². The maximum Gasteiger partial charge on any atom is 0.282 e. The minimum absolute atomic E-state index is 0.162. The molecule has 0 atom stereocenters. The first kappa shape index (κ1) is 25.0. The number of benzene rings is 3. The summed E-state index contributed by atoms with van der Waals surface area (Å²) in [5.74, 6) is 1.48. The van der Waals surface area contributed by atoms with Crippen LogP contribution in [-0.4, -0.2) is 15.9 Å². The predicted octanol–water partition coefficient (Wildman–Crippen LogP) is 7.97. The fourth-order valence-electron chi connectivity index (χ4n) is 4.53. The van der Waals surface area contributed by atoms with Gasteiger partial charge in [-0.3, -0.25) is 4.79 Å². The maximum atomic E-state index is 13.4. The van der Waals surface area contributed by atoms with Crippen molar-refractivity contribution in [1.29, 1.82) is 0 Å². The number of hydrogen-bond donors (Lipinski definition) is 0. The highest BCUT2D eigenvalue weighted by atomic mass is 79.9. The molecule has 0 amide bonds. The predicted molar refractivity (Wildman–Crippen MR) is 150 cm³/mol. The molecule has 1 heterocycles. The Hall–Kier alpha value is -2.67. The molecule has 1 aliphatic rings. The van der Waals surface area contributed by atoms with Gasteiger partial charge in [-0.2, -0.15) is 9.78 Å². The molecule has 5 nitrogen and oxygen atoms in total. The summed E-state index contributed by atoms with van der Waals surface area (Å²) >= 11 is 16.1. The van der Waals surface area contributed by atoms with E-state index in [1.165, 1.54) is 11.1 Å². The van der Waals surface area contributed by atoms with Crippen molar-refractivity contribution in [3.8, 4) is 5.75 Å². The van der Waals surface area contributed by atoms with Gasteiger partial charge in [-0.15, -0.1) is 0 Å². The van der Waals surface area contributed by atoms with E-state index >= 15 is 0 Å². The van der Waals surface area contributed by atoms with E-state index in [1.807, 2.05) is 48.5 Å². The lowest BCUT2D eigenvalue weighted by molar-refractivity contribution is 0.304. The van der Waals surface area contributed by atoms with Gasteiger partial charge in [0, 0.05) is 10.9 Å². The Balaban J connectivity index is 1.45. The Kier molecular flexibility index (Phi) is 7.75. The summed E-state index contributed by atoms with van der Waals surface area (Å²) in [5, 5.41) is 6.27. The van der Waals surface area contributed by atoms with Gasteiger partial charge >= 0.3 is 0 Å². The molecule has 0 saturated heterocycles. The third-order valence-corrected chi connectivity index (χ3v) is 7.51. The third-order valence-electron chi connectivity index (χ3n) is 6.39. The normalized spacial score (nSPS) is 14.5. The number of para-hydroxylation sites is 1. The molecule has 1 fully saturated rings. The first-order valence-corrected chi connectivity index (χ1v) is 13.5. The van der Waals surface area contributed by atoms with Gasteiger partial charge in [0.15, 0.2) is 5.75 Å².